The van der Waals surface area contributed by atoms with Crippen molar-refractivity contribution >= 4 is 68.2 Å². The van der Waals surface area contributed by atoms with Gasteiger partial charge in [-0.3, -0.25) is 29.2 Å². The van der Waals surface area contributed by atoms with E-state index in [0.29, 0.717) is 66.4 Å². The Balaban J connectivity index is 0.717. The Labute approximate surface area is 451 Å². The minimum absolute atomic E-state index is 0.00980. The number of anilines is 1. The van der Waals surface area contributed by atoms with E-state index in [9.17, 15) is 19.5 Å². The Hall–Kier alpha value is -5.89. The van der Waals surface area contributed by atoms with Gasteiger partial charge in [-0.1, -0.05) is 87.0 Å². The minimum Gasteiger partial charge on any atom is -0.462 e. The molecule has 3 unspecified atom stereocenters. The van der Waals surface area contributed by atoms with E-state index < -0.39 is 29.4 Å². The zero-order valence-electron chi connectivity index (χ0n) is 43.8. The first kappa shape index (κ1) is 52.2. The number of amides is 3. The second-order valence-corrected chi connectivity index (χ2v) is 24.0. The van der Waals surface area contributed by atoms with Crippen LogP contribution in [0.5, 0.6) is 6.01 Å². The van der Waals surface area contributed by atoms with Gasteiger partial charge < -0.3 is 35.6 Å². The summed E-state index contributed by atoms with van der Waals surface area (Å²) in [5, 5.41) is 23.2. The third-order valence-electron chi connectivity index (χ3n) is 16.4. The van der Waals surface area contributed by atoms with Crippen molar-refractivity contribution in [3.63, 3.8) is 0 Å². The topological polar surface area (TPSA) is 181 Å². The van der Waals surface area contributed by atoms with E-state index in [2.05, 4.69) is 42.7 Å². The lowest BCUT2D eigenvalue weighted by molar-refractivity contribution is -0.144. The third-order valence-corrected chi connectivity index (χ3v) is 17.7. The summed E-state index contributed by atoms with van der Waals surface area (Å²) in [5.74, 6) is -1.12. The molecule has 0 aliphatic carbocycles. The number of ether oxygens (including phenoxy) is 1. The number of β-amino-alcohol motifs (C(OH)–C–C–N with tert-alkyl or cyclic N) is 1. The predicted molar refractivity (Wildman–Crippen MR) is 294 cm³/mol. The van der Waals surface area contributed by atoms with Gasteiger partial charge in [0, 0.05) is 91.4 Å². The molecule has 3 amide bonds. The largest absolute Gasteiger partial charge is 0.462 e. The number of rotatable bonds is 13. The molecule has 0 spiro atoms. The monoisotopic (exact) mass is 1070 g/mol. The van der Waals surface area contributed by atoms with Gasteiger partial charge in [0.25, 0.3) is 0 Å². The minimum atomic E-state index is -0.904. The number of nitrogens with zero attached hydrogens (tertiary/aromatic N) is 8. The third kappa shape index (κ3) is 10.6. The number of nitrogens with one attached hydrogen (secondary N) is 3. The molecular weight excluding hydrogens is 1010 g/mol. The van der Waals surface area contributed by atoms with Crippen LogP contribution in [0, 0.1) is 24.1 Å². The second-order valence-electron chi connectivity index (χ2n) is 22.7. The van der Waals surface area contributed by atoms with E-state index in [-0.39, 0.29) is 72.5 Å². The number of carbonyl (C=O) groups is 3. The number of piperazine rings is 1. The predicted octanol–water partition coefficient (Wildman–Crippen LogP) is 6.98. The highest BCUT2D eigenvalue weighted by molar-refractivity contribution is 7.13. The molecule has 7 atom stereocenters. The van der Waals surface area contributed by atoms with Gasteiger partial charge in [0.05, 0.1) is 27.6 Å². The molecule has 19 heteroatoms. The molecule has 4 N–H and O–H groups in total. The molecule has 0 saturated carbocycles. The van der Waals surface area contributed by atoms with Crippen molar-refractivity contribution in [2.75, 3.05) is 57.8 Å². The number of benzene rings is 3. The average molecular weight is 1070 g/mol. The van der Waals surface area contributed by atoms with Crippen LogP contribution >= 0.6 is 22.9 Å². The summed E-state index contributed by atoms with van der Waals surface area (Å²) >= 11 is 8.29. The SMILES string of the molecule is Cc1ncsc1-c1ccc(CNC(=O)[C@@H]2C[C@@H](O)CN2C(=O)C(NC(=O)C2CCN([C@H]3C[C@@H](COc4nc(N5CC6CCC(C5)N6)c5cnc(-c6cccc7cccc(Cl)c67)c(F)c5n4)N(C)C3)CC2)C(C)(C)C)cc1. The summed E-state index contributed by atoms with van der Waals surface area (Å²) in [5.41, 5.74) is 5.00. The van der Waals surface area contributed by atoms with Gasteiger partial charge in [0.1, 0.15) is 35.7 Å². The highest BCUT2D eigenvalue weighted by atomic mass is 35.5. The lowest BCUT2D eigenvalue weighted by Gasteiger charge is -2.38. The van der Waals surface area contributed by atoms with Crippen molar-refractivity contribution in [1.82, 2.24) is 50.6 Å². The molecule has 3 aromatic heterocycles. The molecule has 2 bridgehead atoms. The summed E-state index contributed by atoms with van der Waals surface area (Å²) < 4.78 is 23.5. The molecule has 400 valence electrons. The molecule has 6 aromatic rings. The molecule has 5 saturated heterocycles. The Morgan fingerprint density at radius 3 is 2.38 bits per heavy atom. The Bertz CT molecular complexity index is 3130. The fourth-order valence-corrected chi connectivity index (χ4v) is 13.3. The van der Waals surface area contributed by atoms with Gasteiger partial charge in [-0.15, -0.1) is 11.3 Å². The normalized spacial score (nSPS) is 23.9. The summed E-state index contributed by atoms with van der Waals surface area (Å²) in [7, 11) is 2.09. The smallest absolute Gasteiger partial charge is 0.319 e. The van der Waals surface area contributed by atoms with Gasteiger partial charge >= 0.3 is 6.01 Å². The summed E-state index contributed by atoms with van der Waals surface area (Å²) in [6.07, 6.45) is 5.18. The quantitative estimate of drug-likeness (QED) is 0.0931. The van der Waals surface area contributed by atoms with Crippen LogP contribution in [0.25, 0.3) is 43.4 Å². The van der Waals surface area contributed by atoms with Crippen molar-refractivity contribution in [3.05, 3.63) is 94.5 Å². The number of likely N-dealkylation sites (tertiary alicyclic amines) is 3. The first-order chi connectivity index (χ1) is 36.6. The van der Waals surface area contributed by atoms with E-state index in [1.807, 2.05) is 87.8 Å². The summed E-state index contributed by atoms with van der Waals surface area (Å²) in [6.45, 7) is 12.0. The number of likely N-dealkylation sites (N-methyl/N-ethyl adjacent to an activating group) is 1. The first-order valence-electron chi connectivity index (χ1n) is 26.7. The van der Waals surface area contributed by atoms with Crippen molar-refractivity contribution < 1.29 is 28.6 Å². The second kappa shape index (κ2) is 21.5. The van der Waals surface area contributed by atoms with Crippen LogP contribution in [0.4, 0.5) is 10.2 Å². The lowest BCUT2D eigenvalue weighted by atomic mass is 9.84. The van der Waals surface area contributed by atoms with Crippen LogP contribution in [-0.4, -0.2) is 153 Å². The molecule has 3 aromatic carbocycles. The van der Waals surface area contributed by atoms with Crippen molar-refractivity contribution in [1.29, 1.82) is 0 Å². The van der Waals surface area contributed by atoms with Gasteiger partial charge in [0.15, 0.2) is 5.82 Å². The number of aromatic nitrogens is 4. The number of hydrogen-bond acceptors (Lipinski definition) is 14. The van der Waals surface area contributed by atoms with Gasteiger partial charge in [-0.05, 0) is 87.2 Å². The van der Waals surface area contributed by atoms with E-state index >= 15 is 4.39 Å². The highest BCUT2D eigenvalue weighted by Crippen LogP contribution is 2.39. The number of pyridine rings is 1. The average Bonchev–Trinajstić information content (AvgIpc) is 4.24. The van der Waals surface area contributed by atoms with Crippen molar-refractivity contribution in [2.45, 2.75) is 115 Å². The van der Waals surface area contributed by atoms with Crippen molar-refractivity contribution in [3.8, 4) is 27.7 Å². The fraction of sp³-hybridized carbons (Fsp3) is 0.491. The molecule has 5 aliphatic rings. The van der Waals surface area contributed by atoms with Crippen LogP contribution in [0.3, 0.4) is 0 Å². The maximum atomic E-state index is 17.1. The number of aliphatic hydroxyl groups is 1. The highest BCUT2D eigenvalue weighted by Gasteiger charge is 2.46. The van der Waals surface area contributed by atoms with E-state index in [4.69, 9.17) is 31.3 Å². The number of carbonyl (C=O) groups excluding carboxylic acids is 3. The molecule has 8 heterocycles. The van der Waals surface area contributed by atoms with Crippen LogP contribution in [-0.2, 0) is 20.9 Å². The molecule has 0 radical (unpaired) electrons. The lowest BCUT2D eigenvalue weighted by Crippen LogP contribution is -2.59. The van der Waals surface area contributed by atoms with E-state index in [1.165, 1.54) is 4.90 Å². The molecule has 16 nitrogen and oxygen atoms in total. The van der Waals surface area contributed by atoms with Crippen LogP contribution in [0.1, 0.15) is 70.6 Å². The Morgan fingerprint density at radius 2 is 1.67 bits per heavy atom. The fourth-order valence-electron chi connectivity index (χ4n) is 12.2. The molecule has 11 rings (SSSR count). The first-order valence-corrected chi connectivity index (χ1v) is 28.0. The van der Waals surface area contributed by atoms with Gasteiger partial charge in [0.2, 0.25) is 17.7 Å². The molecular formula is C57H67ClFN11O5S. The van der Waals surface area contributed by atoms with Crippen LogP contribution in [0.15, 0.2) is 72.4 Å². The zero-order valence-corrected chi connectivity index (χ0v) is 45.3. The zero-order chi connectivity index (χ0) is 53.0. The molecule has 5 fully saturated rings. The summed E-state index contributed by atoms with van der Waals surface area (Å²) in [6, 6.07) is 18.5. The van der Waals surface area contributed by atoms with Gasteiger partial charge in [-0.25, -0.2) is 9.37 Å². The number of thiazole rings is 1. The number of hydrogen-bond donors (Lipinski definition) is 4. The van der Waals surface area contributed by atoms with Crippen LogP contribution < -0.4 is 25.6 Å². The number of aryl methyl sites for hydroxylation is 1. The van der Waals surface area contributed by atoms with Crippen molar-refractivity contribution in [2.24, 2.45) is 11.3 Å². The molecule has 5 aliphatic heterocycles. The van der Waals surface area contributed by atoms with E-state index in [1.54, 1.807) is 23.6 Å². The Morgan fingerprint density at radius 1 is 0.934 bits per heavy atom. The summed E-state index contributed by atoms with van der Waals surface area (Å²) in [4.78, 5) is 70.5. The maximum absolute atomic E-state index is 17.1. The number of fused-ring (bicyclic) bond motifs is 4. The Kier molecular flexibility index (Phi) is 14.8. The maximum Gasteiger partial charge on any atom is 0.319 e. The number of piperidine rings is 1. The standard InChI is InChI=1S/C57H67ClFN11O5S/c1-32-50(76-31-62-32)35-14-12-33(13-15-35)24-61-54(73)45-23-41(71)29-70(45)55(74)51(57(2,3)4)65-53(72)36-18-20-68(21-19-36)39-22-40(67(5)28-39)30-75-56-64-49-43(52(66-56)69-26-37-16-17-38(27-69)63-37)25-60-48(47(49)59)42-10-6-8-34-9-7-11-44(58)46(34)42/h6-15,25,31,36-41,45,51,63,71H,16-24,26-30H2,1-5H3,(H,61,73)(H,65,72)/t37?,38?,39-,40-,41+,45-,51?/m0/s1. The number of halogens is 2. The van der Waals surface area contributed by atoms with Gasteiger partial charge in [-0.2, -0.15) is 9.97 Å². The van der Waals surface area contributed by atoms with E-state index in [0.717, 1.165) is 71.4 Å². The molecule has 76 heavy (non-hydrogen) atoms. The van der Waals surface area contributed by atoms with Crippen LogP contribution in [0.2, 0.25) is 5.02 Å². The number of aliphatic hydroxyl groups excluding tert-OH is 1.